The van der Waals surface area contributed by atoms with E-state index >= 15 is 0 Å². The summed E-state index contributed by atoms with van der Waals surface area (Å²) in [5, 5.41) is 2.85. The lowest BCUT2D eigenvalue weighted by atomic mass is 9.97. The molecule has 0 aliphatic carbocycles. The number of ketones is 1. The summed E-state index contributed by atoms with van der Waals surface area (Å²) in [5.74, 6) is -1.27. The summed E-state index contributed by atoms with van der Waals surface area (Å²) in [4.78, 5) is 36.2. The van der Waals surface area contributed by atoms with Gasteiger partial charge in [0, 0.05) is 30.3 Å². The van der Waals surface area contributed by atoms with E-state index in [0.717, 1.165) is 5.56 Å². The van der Waals surface area contributed by atoms with Gasteiger partial charge in [0.25, 0.3) is 0 Å². The Hall–Kier alpha value is -3.04. The van der Waals surface area contributed by atoms with Crippen molar-refractivity contribution in [1.82, 2.24) is 4.31 Å². The lowest BCUT2D eigenvalue weighted by molar-refractivity contribution is -0.120. The standard InChI is InChI=1S/C23H26N2O6S/c1-15-7-8-19(23(28)31-3)14-21(15)24-22(27)17-9-11-25(12-10-17)32(29,30)20-6-4-5-18(13-20)16(2)26/h4-8,13-14,17H,9-12H2,1-3H3,(H,24,27). The van der Waals surface area contributed by atoms with Gasteiger partial charge in [-0.3, -0.25) is 9.59 Å². The number of carbonyl (C=O) groups excluding carboxylic acids is 3. The average Bonchev–Trinajstić information content (AvgIpc) is 2.80. The lowest BCUT2D eigenvalue weighted by Gasteiger charge is -2.30. The van der Waals surface area contributed by atoms with Gasteiger partial charge in [-0.15, -0.1) is 0 Å². The first kappa shape index (κ1) is 23.6. The zero-order valence-electron chi connectivity index (χ0n) is 18.3. The van der Waals surface area contributed by atoms with Gasteiger partial charge < -0.3 is 10.1 Å². The van der Waals surface area contributed by atoms with Crippen LogP contribution in [0, 0.1) is 12.8 Å². The van der Waals surface area contributed by atoms with Crippen LogP contribution in [0.3, 0.4) is 0 Å². The molecule has 3 rings (SSSR count). The predicted octanol–water partition coefficient (Wildman–Crippen LogP) is 3.02. The molecular formula is C23H26N2O6S. The maximum Gasteiger partial charge on any atom is 0.337 e. The average molecular weight is 459 g/mol. The van der Waals surface area contributed by atoms with Gasteiger partial charge in [-0.05, 0) is 56.5 Å². The molecule has 1 fully saturated rings. The summed E-state index contributed by atoms with van der Waals surface area (Å²) >= 11 is 0. The molecule has 0 unspecified atom stereocenters. The molecule has 2 aromatic rings. The lowest BCUT2D eigenvalue weighted by Crippen LogP contribution is -2.41. The highest BCUT2D eigenvalue weighted by molar-refractivity contribution is 7.89. The van der Waals surface area contributed by atoms with Crippen LogP contribution in [0.15, 0.2) is 47.4 Å². The number of aryl methyl sites for hydroxylation is 1. The number of methoxy groups -OCH3 is 1. The molecule has 1 amide bonds. The third-order valence-electron chi connectivity index (χ3n) is 5.62. The smallest absolute Gasteiger partial charge is 0.337 e. The number of esters is 1. The number of hydrogen-bond donors (Lipinski definition) is 1. The van der Waals surface area contributed by atoms with Crippen LogP contribution in [0.2, 0.25) is 0 Å². The van der Waals surface area contributed by atoms with Crippen molar-refractivity contribution < 1.29 is 27.5 Å². The Morgan fingerprint density at radius 2 is 1.72 bits per heavy atom. The molecule has 1 aliphatic rings. The van der Waals surface area contributed by atoms with Crippen LogP contribution in [0.1, 0.15) is 46.0 Å². The number of carbonyl (C=O) groups is 3. The predicted molar refractivity (Wildman–Crippen MR) is 119 cm³/mol. The minimum absolute atomic E-state index is 0.0725. The summed E-state index contributed by atoms with van der Waals surface area (Å²) in [6, 6.07) is 10.9. The zero-order valence-corrected chi connectivity index (χ0v) is 19.1. The second kappa shape index (κ2) is 9.62. The van der Waals surface area contributed by atoms with E-state index < -0.39 is 16.0 Å². The topological polar surface area (TPSA) is 110 Å². The van der Waals surface area contributed by atoms with Crippen molar-refractivity contribution in [3.63, 3.8) is 0 Å². The molecule has 2 aromatic carbocycles. The number of amides is 1. The fraction of sp³-hybridized carbons (Fsp3) is 0.348. The Bertz CT molecular complexity index is 1150. The van der Waals surface area contributed by atoms with E-state index in [4.69, 9.17) is 4.74 Å². The van der Waals surface area contributed by atoms with Gasteiger partial charge in [0.15, 0.2) is 5.78 Å². The minimum Gasteiger partial charge on any atom is -0.465 e. The largest absolute Gasteiger partial charge is 0.465 e. The second-order valence-corrected chi connectivity index (χ2v) is 9.71. The van der Waals surface area contributed by atoms with Crippen LogP contribution < -0.4 is 5.32 Å². The molecule has 0 radical (unpaired) electrons. The fourth-order valence-electron chi connectivity index (χ4n) is 3.62. The van der Waals surface area contributed by atoms with Gasteiger partial charge in [0.05, 0.1) is 17.6 Å². The second-order valence-electron chi connectivity index (χ2n) is 7.77. The fourth-order valence-corrected chi connectivity index (χ4v) is 5.14. The van der Waals surface area contributed by atoms with Crippen molar-refractivity contribution >= 4 is 33.4 Å². The monoisotopic (exact) mass is 458 g/mol. The van der Waals surface area contributed by atoms with Gasteiger partial charge in [-0.25, -0.2) is 13.2 Å². The van der Waals surface area contributed by atoms with Crippen molar-refractivity contribution in [2.24, 2.45) is 5.92 Å². The molecule has 1 N–H and O–H groups in total. The number of rotatable bonds is 6. The van der Waals surface area contributed by atoms with Crippen molar-refractivity contribution in [2.45, 2.75) is 31.6 Å². The quantitative estimate of drug-likeness (QED) is 0.526. The number of hydrogen-bond acceptors (Lipinski definition) is 6. The number of ether oxygens (including phenoxy) is 1. The third-order valence-corrected chi connectivity index (χ3v) is 7.51. The van der Waals surface area contributed by atoms with E-state index in [0.29, 0.717) is 29.7 Å². The zero-order chi connectivity index (χ0) is 23.5. The van der Waals surface area contributed by atoms with E-state index in [1.54, 1.807) is 30.3 Å². The summed E-state index contributed by atoms with van der Waals surface area (Å²) in [5.41, 5.74) is 2.00. The molecule has 0 spiro atoms. The molecule has 1 saturated heterocycles. The number of nitrogens with one attached hydrogen (secondary N) is 1. The van der Waals surface area contributed by atoms with E-state index in [-0.39, 0.29) is 35.6 Å². The van der Waals surface area contributed by atoms with E-state index in [2.05, 4.69) is 5.32 Å². The third kappa shape index (κ3) is 5.05. The molecule has 32 heavy (non-hydrogen) atoms. The van der Waals surface area contributed by atoms with Crippen molar-refractivity contribution in [2.75, 3.05) is 25.5 Å². The molecule has 0 atom stereocenters. The van der Waals surface area contributed by atoms with Gasteiger partial charge in [-0.2, -0.15) is 4.31 Å². The summed E-state index contributed by atoms with van der Waals surface area (Å²) in [6.45, 7) is 3.61. The molecule has 1 heterocycles. The Morgan fingerprint density at radius 3 is 2.34 bits per heavy atom. The van der Waals surface area contributed by atoms with Crippen LogP contribution in [-0.4, -0.2) is 50.6 Å². The van der Waals surface area contributed by atoms with Gasteiger partial charge in [0.1, 0.15) is 0 Å². The summed E-state index contributed by atoms with van der Waals surface area (Å²) < 4.78 is 32.0. The molecular weight excluding hydrogens is 432 g/mol. The van der Waals surface area contributed by atoms with Crippen LogP contribution in [0.25, 0.3) is 0 Å². The molecule has 0 aromatic heterocycles. The van der Waals surface area contributed by atoms with Crippen molar-refractivity contribution in [3.8, 4) is 0 Å². The Morgan fingerprint density at radius 1 is 1.03 bits per heavy atom. The Kier molecular flexibility index (Phi) is 7.10. The highest BCUT2D eigenvalue weighted by atomic mass is 32.2. The Labute approximate surface area is 187 Å². The van der Waals surface area contributed by atoms with E-state index in [9.17, 15) is 22.8 Å². The van der Waals surface area contributed by atoms with Crippen molar-refractivity contribution in [3.05, 3.63) is 59.2 Å². The van der Waals surface area contributed by atoms with Gasteiger partial charge >= 0.3 is 5.97 Å². The van der Waals surface area contributed by atoms with E-state index in [1.807, 2.05) is 6.92 Å². The first-order chi connectivity index (χ1) is 15.1. The van der Waals surface area contributed by atoms with Crippen molar-refractivity contribution in [1.29, 1.82) is 0 Å². The SMILES string of the molecule is COC(=O)c1ccc(C)c(NC(=O)C2CCN(S(=O)(=O)c3cccc(C(C)=O)c3)CC2)c1. The normalized spacial score (nSPS) is 15.2. The number of anilines is 1. The first-order valence-electron chi connectivity index (χ1n) is 10.2. The summed E-state index contributed by atoms with van der Waals surface area (Å²) in [7, 11) is -2.46. The molecule has 8 nitrogen and oxygen atoms in total. The molecule has 1 aliphatic heterocycles. The highest BCUT2D eigenvalue weighted by Crippen LogP contribution is 2.26. The maximum atomic E-state index is 13.0. The van der Waals surface area contributed by atoms with Crippen LogP contribution >= 0.6 is 0 Å². The Balaban J connectivity index is 1.67. The molecule has 0 saturated carbocycles. The number of sulfonamides is 1. The number of piperidine rings is 1. The van der Waals surface area contributed by atoms with Crippen LogP contribution in [0.5, 0.6) is 0 Å². The summed E-state index contributed by atoms with van der Waals surface area (Å²) in [6.07, 6.45) is 0.737. The number of nitrogens with zero attached hydrogens (tertiary/aromatic N) is 1. The highest BCUT2D eigenvalue weighted by Gasteiger charge is 2.32. The molecule has 9 heteroatoms. The van der Waals surface area contributed by atoms with Gasteiger partial charge in [-0.1, -0.05) is 18.2 Å². The number of Topliss-reactive ketones (excluding diaryl/α,β-unsaturated/α-hetero) is 1. The van der Waals surface area contributed by atoms with Gasteiger partial charge in [0.2, 0.25) is 15.9 Å². The van der Waals surface area contributed by atoms with Crippen LogP contribution in [-0.2, 0) is 19.6 Å². The van der Waals surface area contributed by atoms with Crippen LogP contribution in [0.4, 0.5) is 5.69 Å². The first-order valence-corrected chi connectivity index (χ1v) is 11.7. The maximum absolute atomic E-state index is 13.0. The number of benzene rings is 2. The van der Waals surface area contributed by atoms with E-state index in [1.165, 1.54) is 30.5 Å². The molecule has 170 valence electrons. The molecule has 0 bridgehead atoms. The minimum atomic E-state index is -3.75.